The van der Waals surface area contributed by atoms with E-state index in [1.54, 1.807) is 52.1 Å². The van der Waals surface area contributed by atoms with Crippen LogP contribution in [0.5, 0.6) is 0 Å². The van der Waals surface area contributed by atoms with Crippen LogP contribution in [0.2, 0.25) is 0 Å². The van der Waals surface area contributed by atoms with Crippen LogP contribution in [0.25, 0.3) is 10.9 Å². The molecule has 3 rings (SSSR count). The zero-order chi connectivity index (χ0) is 22.1. The number of aliphatic hydroxyl groups is 1. The first-order valence-corrected chi connectivity index (χ1v) is 10.8. The van der Waals surface area contributed by atoms with Crippen LogP contribution in [-0.2, 0) is 27.9 Å². The first-order valence-electron chi connectivity index (χ1n) is 9.36. The molecular weight excluding hydrogens is 406 g/mol. The Hall–Kier alpha value is -2.91. The molecule has 3 aromatic rings. The lowest BCUT2D eigenvalue weighted by Crippen LogP contribution is -2.33. The molecule has 0 aliphatic heterocycles. The lowest BCUT2D eigenvalue weighted by Gasteiger charge is -2.24. The van der Waals surface area contributed by atoms with Crippen molar-refractivity contribution in [3.05, 3.63) is 60.0 Å². The van der Waals surface area contributed by atoms with E-state index in [1.165, 1.54) is 29.6 Å². The third-order valence-electron chi connectivity index (χ3n) is 4.41. The summed E-state index contributed by atoms with van der Waals surface area (Å²) in [4.78, 5) is 17.7. The van der Waals surface area contributed by atoms with Gasteiger partial charge < -0.3 is 14.7 Å². The fourth-order valence-corrected chi connectivity index (χ4v) is 4.36. The Balaban J connectivity index is 2.08. The monoisotopic (exact) mass is 431 g/mol. The number of ether oxygens (including phenoxy) is 1. The number of rotatable bonds is 5. The molecule has 160 valence electrons. The fraction of sp³-hybridized carbons (Fsp3) is 0.333. The Kier molecular flexibility index (Phi) is 5.87. The summed E-state index contributed by atoms with van der Waals surface area (Å²) in [7, 11) is -2.32. The maximum absolute atomic E-state index is 13.2. The molecule has 0 aliphatic carbocycles. The Labute approximate surface area is 175 Å². The van der Waals surface area contributed by atoms with Crippen LogP contribution < -0.4 is 0 Å². The predicted octanol–water partition coefficient (Wildman–Crippen LogP) is 3.13. The second-order valence-electron chi connectivity index (χ2n) is 7.99. The predicted molar refractivity (Wildman–Crippen MR) is 112 cm³/mol. The highest BCUT2D eigenvalue weighted by Crippen LogP contribution is 2.28. The van der Waals surface area contributed by atoms with E-state index < -0.39 is 21.7 Å². The van der Waals surface area contributed by atoms with Gasteiger partial charge in [0.15, 0.2) is 0 Å². The van der Waals surface area contributed by atoms with Crippen molar-refractivity contribution in [3.63, 3.8) is 0 Å². The van der Waals surface area contributed by atoms with Crippen molar-refractivity contribution in [1.82, 2.24) is 13.9 Å². The summed E-state index contributed by atoms with van der Waals surface area (Å²) in [5.41, 5.74) is 0.988. The molecule has 0 atom stereocenters. The molecule has 0 fully saturated rings. The number of hydrogen-bond acceptors (Lipinski definition) is 6. The van der Waals surface area contributed by atoms with E-state index in [1.807, 2.05) is 0 Å². The minimum atomic E-state index is -3.92. The van der Waals surface area contributed by atoms with Gasteiger partial charge in [-0.25, -0.2) is 17.2 Å². The van der Waals surface area contributed by atoms with Crippen molar-refractivity contribution in [3.8, 4) is 0 Å². The van der Waals surface area contributed by atoms with E-state index in [-0.39, 0.29) is 18.0 Å². The van der Waals surface area contributed by atoms with Gasteiger partial charge in [-0.1, -0.05) is 12.1 Å². The molecule has 0 spiro atoms. The van der Waals surface area contributed by atoms with Crippen molar-refractivity contribution >= 4 is 27.0 Å². The summed E-state index contributed by atoms with van der Waals surface area (Å²) in [6.45, 7) is 5.27. The van der Waals surface area contributed by atoms with Gasteiger partial charge in [0.25, 0.3) is 10.0 Å². The Morgan fingerprint density at radius 3 is 2.60 bits per heavy atom. The number of pyridine rings is 1. The van der Waals surface area contributed by atoms with E-state index in [0.29, 0.717) is 22.0 Å². The first-order chi connectivity index (χ1) is 14.0. The van der Waals surface area contributed by atoms with Gasteiger partial charge in [-0.15, -0.1) is 0 Å². The van der Waals surface area contributed by atoms with Crippen LogP contribution in [0.15, 0.2) is 53.8 Å². The van der Waals surface area contributed by atoms with Crippen LogP contribution in [0.4, 0.5) is 4.79 Å². The molecule has 0 saturated carbocycles. The molecule has 1 N–H and O–H groups in total. The molecule has 0 radical (unpaired) electrons. The molecule has 0 unspecified atom stereocenters. The second-order valence-corrected chi connectivity index (χ2v) is 9.80. The van der Waals surface area contributed by atoms with Crippen molar-refractivity contribution in [1.29, 1.82) is 0 Å². The highest BCUT2D eigenvalue weighted by molar-refractivity contribution is 7.90. The van der Waals surface area contributed by atoms with E-state index in [0.717, 1.165) is 3.97 Å². The third-order valence-corrected chi connectivity index (χ3v) is 6.06. The van der Waals surface area contributed by atoms with Crippen LogP contribution in [0.1, 0.15) is 31.9 Å². The third kappa shape index (κ3) is 4.47. The summed E-state index contributed by atoms with van der Waals surface area (Å²) in [5.74, 6) is 0. The van der Waals surface area contributed by atoms with E-state index >= 15 is 0 Å². The number of nitrogens with zero attached hydrogens (tertiary/aromatic N) is 3. The number of aromatic nitrogens is 2. The largest absolute Gasteiger partial charge is 0.444 e. The normalized spacial score (nSPS) is 12.2. The van der Waals surface area contributed by atoms with Gasteiger partial charge in [-0.3, -0.25) is 4.98 Å². The summed E-state index contributed by atoms with van der Waals surface area (Å²) in [6, 6.07) is 8.11. The van der Waals surface area contributed by atoms with Gasteiger partial charge in [-0.05, 0) is 50.1 Å². The number of benzene rings is 1. The van der Waals surface area contributed by atoms with E-state index in [4.69, 9.17) is 4.74 Å². The Morgan fingerprint density at radius 1 is 1.27 bits per heavy atom. The SMILES string of the molecule is CN(Cc1cn(S(=O)(=O)c2cccnc2)c2cc(CO)ccc12)C(=O)OC(C)(C)C. The lowest BCUT2D eigenvalue weighted by atomic mass is 10.1. The maximum Gasteiger partial charge on any atom is 0.410 e. The number of fused-ring (bicyclic) bond motifs is 1. The number of hydrogen-bond donors (Lipinski definition) is 1. The van der Waals surface area contributed by atoms with Crippen LogP contribution in [-0.4, -0.2) is 46.1 Å². The second kappa shape index (κ2) is 8.08. The van der Waals surface area contributed by atoms with E-state index in [2.05, 4.69) is 4.98 Å². The van der Waals surface area contributed by atoms with Crippen molar-refractivity contribution in [2.75, 3.05) is 7.05 Å². The van der Waals surface area contributed by atoms with Crippen LogP contribution in [0, 0.1) is 0 Å². The minimum Gasteiger partial charge on any atom is -0.444 e. The quantitative estimate of drug-likeness (QED) is 0.666. The number of aliphatic hydroxyl groups excluding tert-OH is 1. The average Bonchev–Trinajstić information content (AvgIpc) is 3.05. The fourth-order valence-electron chi connectivity index (χ4n) is 3.01. The molecule has 30 heavy (non-hydrogen) atoms. The molecule has 0 saturated heterocycles. The summed E-state index contributed by atoms with van der Waals surface area (Å²) >= 11 is 0. The topological polar surface area (TPSA) is 102 Å². The molecule has 0 bridgehead atoms. The Morgan fingerprint density at radius 2 is 2.00 bits per heavy atom. The molecule has 0 aliphatic rings. The molecule has 9 heteroatoms. The lowest BCUT2D eigenvalue weighted by molar-refractivity contribution is 0.0286. The van der Waals surface area contributed by atoms with Gasteiger partial charge in [0, 0.05) is 31.0 Å². The number of carbonyl (C=O) groups is 1. The van der Waals surface area contributed by atoms with Crippen LogP contribution >= 0.6 is 0 Å². The summed E-state index contributed by atoms with van der Waals surface area (Å²) < 4.78 is 33.0. The van der Waals surface area contributed by atoms with Crippen molar-refractivity contribution in [2.45, 2.75) is 44.4 Å². The molecular formula is C21H25N3O5S. The van der Waals surface area contributed by atoms with Crippen LogP contribution in [0.3, 0.4) is 0 Å². The van der Waals surface area contributed by atoms with Gasteiger partial charge >= 0.3 is 6.09 Å². The first kappa shape index (κ1) is 21.8. The molecule has 1 amide bonds. The number of carbonyl (C=O) groups excluding carboxylic acids is 1. The van der Waals surface area contributed by atoms with Gasteiger partial charge in [-0.2, -0.15) is 0 Å². The van der Waals surface area contributed by atoms with Crippen molar-refractivity contribution < 1.29 is 23.1 Å². The Bertz CT molecular complexity index is 1160. The zero-order valence-electron chi connectivity index (χ0n) is 17.4. The van der Waals surface area contributed by atoms with Gasteiger partial charge in [0.1, 0.15) is 10.5 Å². The molecule has 2 aromatic heterocycles. The smallest absolute Gasteiger partial charge is 0.410 e. The average molecular weight is 432 g/mol. The summed E-state index contributed by atoms with van der Waals surface area (Å²) in [5, 5.41) is 10.2. The standard InChI is InChI=1S/C21H25N3O5S/c1-21(2,3)29-20(26)23(4)12-16-13-24(19-10-15(14-25)7-8-18(16)19)30(27,28)17-6-5-9-22-11-17/h5-11,13,25H,12,14H2,1-4H3. The van der Waals surface area contributed by atoms with Crippen molar-refractivity contribution in [2.24, 2.45) is 0 Å². The highest BCUT2D eigenvalue weighted by atomic mass is 32.2. The summed E-state index contributed by atoms with van der Waals surface area (Å²) in [6.07, 6.45) is 3.77. The zero-order valence-corrected chi connectivity index (χ0v) is 18.2. The molecule has 1 aromatic carbocycles. The molecule has 2 heterocycles. The van der Waals surface area contributed by atoms with Gasteiger partial charge in [0.05, 0.1) is 18.7 Å². The highest BCUT2D eigenvalue weighted by Gasteiger charge is 2.24. The molecule has 8 nitrogen and oxygen atoms in total. The number of amides is 1. The maximum atomic E-state index is 13.2. The minimum absolute atomic E-state index is 0.0448. The van der Waals surface area contributed by atoms with Gasteiger partial charge in [0.2, 0.25) is 0 Å². The van der Waals surface area contributed by atoms with E-state index in [9.17, 15) is 18.3 Å².